The van der Waals surface area contributed by atoms with E-state index in [1.807, 2.05) is 45.0 Å². The molecule has 0 aliphatic heterocycles. The lowest BCUT2D eigenvalue weighted by Crippen LogP contribution is -2.39. The van der Waals surface area contributed by atoms with Gasteiger partial charge in [-0.2, -0.15) is 0 Å². The van der Waals surface area contributed by atoms with Gasteiger partial charge in [0.15, 0.2) is 5.96 Å². The van der Waals surface area contributed by atoms with Gasteiger partial charge in [-0.3, -0.25) is 0 Å². The number of benzene rings is 1. The van der Waals surface area contributed by atoms with Crippen LogP contribution in [-0.2, 0) is 6.54 Å². The van der Waals surface area contributed by atoms with Crippen LogP contribution in [-0.4, -0.2) is 35.7 Å². The third-order valence-corrected chi connectivity index (χ3v) is 3.52. The second-order valence-corrected chi connectivity index (χ2v) is 5.87. The number of aliphatic imine (C=N–C) groups is 1. The first-order valence-electron chi connectivity index (χ1n) is 8.26. The summed E-state index contributed by atoms with van der Waals surface area (Å²) in [5, 5.41) is 15.5. The molecule has 0 fully saturated rings. The van der Waals surface area contributed by atoms with Gasteiger partial charge in [0.25, 0.3) is 0 Å². The molecule has 6 heteroatoms. The van der Waals surface area contributed by atoms with Gasteiger partial charge in [-0.15, -0.1) is 0 Å². The highest BCUT2D eigenvalue weighted by atomic mass is 16.3. The lowest BCUT2D eigenvalue weighted by atomic mass is 10.1. The molecule has 0 radical (unpaired) electrons. The Balaban J connectivity index is 1.99. The first-order chi connectivity index (χ1) is 11.6. The second-order valence-electron chi connectivity index (χ2n) is 5.87. The lowest BCUT2D eigenvalue weighted by Gasteiger charge is -2.13. The van der Waals surface area contributed by atoms with Gasteiger partial charge in [-0.05, 0) is 31.9 Å². The van der Waals surface area contributed by atoms with Crippen LogP contribution >= 0.6 is 0 Å². The Kier molecular flexibility index (Phi) is 6.81. The van der Waals surface area contributed by atoms with E-state index >= 15 is 0 Å². The molecule has 1 aromatic carbocycles. The average molecular weight is 330 g/mol. The molecule has 3 N–H and O–H groups in total. The van der Waals surface area contributed by atoms with Crippen LogP contribution in [0.1, 0.15) is 25.1 Å². The molecule has 0 bridgehead atoms. The average Bonchev–Trinajstić information content (AvgIpc) is 3.06. The van der Waals surface area contributed by atoms with Crippen LogP contribution in [0, 0.1) is 12.8 Å². The Hall–Kier alpha value is -2.34. The molecule has 1 unspecified atom stereocenters. The third kappa shape index (κ3) is 5.38. The maximum atomic E-state index is 9.09. The summed E-state index contributed by atoms with van der Waals surface area (Å²) < 4.78 is 5.54. The monoisotopic (exact) mass is 330 g/mol. The highest BCUT2D eigenvalue weighted by Crippen LogP contribution is 2.19. The first-order valence-corrected chi connectivity index (χ1v) is 8.26. The molecule has 0 amide bonds. The van der Waals surface area contributed by atoms with Gasteiger partial charge < -0.3 is 20.2 Å². The second kappa shape index (κ2) is 9.08. The number of guanidine groups is 1. The molecule has 24 heavy (non-hydrogen) atoms. The summed E-state index contributed by atoms with van der Waals surface area (Å²) in [6, 6.07) is 8.06. The van der Waals surface area contributed by atoms with Crippen LogP contribution in [0.15, 0.2) is 39.9 Å². The van der Waals surface area contributed by atoms with Crippen molar-refractivity contribution in [2.75, 3.05) is 19.7 Å². The summed E-state index contributed by atoms with van der Waals surface area (Å²) in [5.41, 5.74) is 2.93. The topological polar surface area (TPSA) is 82.7 Å². The SMILES string of the molecule is CCNC(=NCc1coc(-c2ccc(C)cc2)n1)NCC(C)CO. The minimum atomic E-state index is 0.148. The summed E-state index contributed by atoms with van der Waals surface area (Å²) in [6.07, 6.45) is 1.64. The quantitative estimate of drug-likeness (QED) is 0.536. The van der Waals surface area contributed by atoms with E-state index in [1.54, 1.807) is 6.26 Å². The number of aryl methyl sites for hydroxylation is 1. The van der Waals surface area contributed by atoms with Crippen LogP contribution in [0.25, 0.3) is 11.5 Å². The molecule has 0 saturated heterocycles. The van der Waals surface area contributed by atoms with Gasteiger partial charge in [0.1, 0.15) is 12.0 Å². The highest BCUT2D eigenvalue weighted by Gasteiger charge is 2.07. The molecule has 6 nitrogen and oxygen atoms in total. The molecule has 0 aliphatic rings. The highest BCUT2D eigenvalue weighted by molar-refractivity contribution is 5.79. The van der Waals surface area contributed by atoms with Crippen LogP contribution in [0.2, 0.25) is 0 Å². The van der Waals surface area contributed by atoms with E-state index in [1.165, 1.54) is 5.56 Å². The van der Waals surface area contributed by atoms with E-state index in [4.69, 9.17) is 9.52 Å². The summed E-state index contributed by atoms with van der Waals surface area (Å²) in [6.45, 7) is 8.04. The van der Waals surface area contributed by atoms with Crippen molar-refractivity contribution >= 4 is 5.96 Å². The normalized spacial score (nSPS) is 12.9. The van der Waals surface area contributed by atoms with E-state index < -0.39 is 0 Å². The summed E-state index contributed by atoms with van der Waals surface area (Å²) in [4.78, 5) is 8.99. The molecule has 2 aromatic rings. The number of rotatable bonds is 7. The third-order valence-electron chi connectivity index (χ3n) is 3.52. The number of nitrogens with one attached hydrogen (secondary N) is 2. The summed E-state index contributed by atoms with van der Waals surface area (Å²) >= 11 is 0. The fourth-order valence-electron chi connectivity index (χ4n) is 2.05. The van der Waals surface area contributed by atoms with Crippen molar-refractivity contribution in [2.45, 2.75) is 27.3 Å². The minimum Gasteiger partial charge on any atom is -0.444 e. The Morgan fingerprint density at radius 2 is 2.04 bits per heavy atom. The Morgan fingerprint density at radius 1 is 1.29 bits per heavy atom. The van der Waals surface area contributed by atoms with E-state index in [0.717, 1.165) is 17.8 Å². The number of aliphatic hydroxyl groups is 1. The van der Waals surface area contributed by atoms with E-state index in [0.29, 0.717) is 24.9 Å². The fraction of sp³-hybridized carbons (Fsp3) is 0.444. The Labute approximate surface area is 143 Å². The number of hydrogen-bond acceptors (Lipinski definition) is 4. The Bertz CT molecular complexity index is 649. The van der Waals surface area contributed by atoms with Crippen LogP contribution in [0.5, 0.6) is 0 Å². The molecular weight excluding hydrogens is 304 g/mol. The molecule has 2 rings (SSSR count). The number of hydrogen-bond donors (Lipinski definition) is 3. The van der Waals surface area contributed by atoms with Crippen molar-refractivity contribution in [3.8, 4) is 11.5 Å². The predicted octanol–water partition coefficient (Wildman–Crippen LogP) is 2.33. The van der Waals surface area contributed by atoms with Gasteiger partial charge in [0.05, 0.1) is 6.54 Å². The standard InChI is InChI=1S/C18H26N4O2/c1-4-19-18(20-9-14(3)11-23)21-10-16-12-24-17(22-16)15-7-5-13(2)6-8-15/h5-8,12,14,23H,4,9-11H2,1-3H3,(H2,19,20,21). The molecule has 130 valence electrons. The molecular formula is C18H26N4O2. The largest absolute Gasteiger partial charge is 0.444 e. The molecule has 1 heterocycles. The smallest absolute Gasteiger partial charge is 0.226 e. The maximum Gasteiger partial charge on any atom is 0.226 e. The summed E-state index contributed by atoms with van der Waals surface area (Å²) in [7, 11) is 0. The number of aromatic nitrogens is 1. The van der Waals surface area contributed by atoms with E-state index in [2.05, 4.69) is 20.6 Å². The molecule has 1 aromatic heterocycles. The van der Waals surface area contributed by atoms with Gasteiger partial charge in [-0.1, -0.05) is 24.6 Å². The van der Waals surface area contributed by atoms with Crippen molar-refractivity contribution in [3.05, 3.63) is 41.8 Å². The molecule has 1 atom stereocenters. The van der Waals surface area contributed by atoms with Crippen LogP contribution < -0.4 is 10.6 Å². The molecule has 0 spiro atoms. The molecule has 0 saturated carbocycles. The van der Waals surface area contributed by atoms with Crippen molar-refractivity contribution < 1.29 is 9.52 Å². The van der Waals surface area contributed by atoms with Crippen LogP contribution in [0.4, 0.5) is 0 Å². The fourth-order valence-corrected chi connectivity index (χ4v) is 2.05. The zero-order chi connectivity index (χ0) is 17.4. The minimum absolute atomic E-state index is 0.148. The van der Waals surface area contributed by atoms with Gasteiger partial charge in [0.2, 0.25) is 5.89 Å². The van der Waals surface area contributed by atoms with E-state index in [-0.39, 0.29) is 12.5 Å². The number of aliphatic hydroxyl groups excluding tert-OH is 1. The number of nitrogens with zero attached hydrogens (tertiary/aromatic N) is 2. The zero-order valence-corrected chi connectivity index (χ0v) is 14.5. The Morgan fingerprint density at radius 3 is 2.71 bits per heavy atom. The van der Waals surface area contributed by atoms with Crippen molar-refractivity contribution in [1.29, 1.82) is 0 Å². The maximum absolute atomic E-state index is 9.09. The lowest BCUT2D eigenvalue weighted by molar-refractivity contribution is 0.238. The van der Waals surface area contributed by atoms with Crippen molar-refractivity contribution in [1.82, 2.24) is 15.6 Å². The van der Waals surface area contributed by atoms with Crippen LogP contribution in [0.3, 0.4) is 0 Å². The van der Waals surface area contributed by atoms with Crippen molar-refractivity contribution in [2.24, 2.45) is 10.9 Å². The predicted molar refractivity (Wildman–Crippen MR) is 95.7 cm³/mol. The van der Waals surface area contributed by atoms with Gasteiger partial charge >= 0.3 is 0 Å². The molecule has 0 aliphatic carbocycles. The first kappa shape index (κ1) is 18.0. The van der Waals surface area contributed by atoms with Gasteiger partial charge in [-0.25, -0.2) is 9.98 Å². The summed E-state index contributed by atoms with van der Waals surface area (Å²) in [5.74, 6) is 1.48. The van der Waals surface area contributed by atoms with Crippen molar-refractivity contribution in [3.63, 3.8) is 0 Å². The number of oxazole rings is 1. The van der Waals surface area contributed by atoms with Gasteiger partial charge in [0, 0.05) is 25.3 Å². The van der Waals surface area contributed by atoms with E-state index in [9.17, 15) is 0 Å². The zero-order valence-electron chi connectivity index (χ0n) is 14.5.